The van der Waals surface area contributed by atoms with E-state index in [4.69, 9.17) is 4.74 Å². The van der Waals surface area contributed by atoms with Gasteiger partial charge in [0.25, 0.3) is 5.69 Å². The molecular formula is C18H18FNO3. The normalized spacial score (nSPS) is 15.3. The quantitative estimate of drug-likeness (QED) is 0.547. The highest BCUT2D eigenvalue weighted by molar-refractivity contribution is 5.40. The molecule has 0 N–H and O–H groups in total. The molecule has 0 heterocycles. The third kappa shape index (κ3) is 3.67. The first-order chi connectivity index (χ1) is 11.1. The van der Waals surface area contributed by atoms with E-state index in [-0.39, 0.29) is 11.4 Å². The summed E-state index contributed by atoms with van der Waals surface area (Å²) >= 11 is 0. The van der Waals surface area contributed by atoms with Gasteiger partial charge in [0.15, 0.2) is 11.6 Å². The zero-order valence-corrected chi connectivity index (χ0v) is 12.7. The van der Waals surface area contributed by atoms with Crippen LogP contribution in [0.2, 0.25) is 0 Å². The molecule has 1 saturated carbocycles. The van der Waals surface area contributed by atoms with Crippen LogP contribution in [-0.2, 0) is 0 Å². The number of benzene rings is 2. The van der Waals surface area contributed by atoms with Gasteiger partial charge in [-0.1, -0.05) is 31.4 Å². The molecule has 2 aromatic carbocycles. The van der Waals surface area contributed by atoms with Crippen LogP contribution >= 0.6 is 0 Å². The summed E-state index contributed by atoms with van der Waals surface area (Å²) in [4.78, 5) is 9.98. The Kier molecular flexibility index (Phi) is 4.55. The molecular weight excluding hydrogens is 297 g/mol. The van der Waals surface area contributed by atoms with Crippen LogP contribution in [0.4, 0.5) is 10.1 Å². The molecule has 0 atom stereocenters. The lowest BCUT2D eigenvalue weighted by atomic mass is 9.84. The van der Waals surface area contributed by atoms with E-state index in [0.29, 0.717) is 11.7 Å². The van der Waals surface area contributed by atoms with Crippen molar-refractivity contribution in [1.29, 1.82) is 0 Å². The number of hydrogen-bond acceptors (Lipinski definition) is 3. The van der Waals surface area contributed by atoms with E-state index in [1.165, 1.54) is 49.8 Å². The van der Waals surface area contributed by atoms with Crippen molar-refractivity contribution in [3.05, 3.63) is 64.0 Å². The summed E-state index contributed by atoms with van der Waals surface area (Å²) in [7, 11) is 0. The molecule has 2 aromatic rings. The zero-order valence-electron chi connectivity index (χ0n) is 12.7. The summed E-state index contributed by atoms with van der Waals surface area (Å²) in [5.41, 5.74) is 1.00. The van der Waals surface area contributed by atoms with Gasteiger partial charge < -0.3 is 4.74 Å². The van der Waals surface area contributed by atoms with Crippen molar-refractivity contribution in [2.75, 3.05) is 0 Å². The summed E-state index contributed by atoms with van der Waals surface area (Å²) in [5.74, 6) is 0.378. The Balaban J connectivity index is 1.72. The fourth-order valence-corrected chi connectivity index (χ4v) is 3.06. The van der Waals surface area contributed by atoms with Crippen molar-refractivity contribution >= 4 is 5.69 Å². The second kappa shape index (κ2) is 6.77. The highest BCUT2D eigenvalue weighted by atomic mass is 19.1. The summed E-state index contributed by atoms with van der Waals surface area (Å²) in [6.07, 6.45) is 6.30. The minimum Gasteiger partial charge on any atom is -0.454 e. The number of nitro groups is 1. The SMILES string of the molecule is O=[N+]([O-])c1ccc(Oc2ccc(C3CCCCC3)cc2)c(F)c1. The molecule has 4 nitrogen and oxygen atoms in total. The van der Waals surface area contributed by atoms with Crippen molar-refractivity contribution in [2.45, 2.75) is 38.0 Å². The van der Waals surface area contributed by atoms with Gasteiger partial charge in [-0.15, -0.1) is 0 Å². The number of non-ortho nitro benzene ring substituents is 1. The van der Waals surface area contributed by atoms with E-state index < -0.39 is 10.7 Å². The van der Waals surface area contributed by atoms with Gasteiger partial charge in [-0.2, -0.15) is 0 Å². The third-order valence-corrected chi connectivity index (χ3v) is 4.31. The van der Waals surface area contributed by atoms with Gasteiger partial charge in [0.2, 0.25) is 0 Å². The standard InChI is InChI=1S/C18H18FNO3/c19-17-12-15(20(21)22)8-11-18(17)23-16-9-6-14(7-10-16)13-4-2-1-3-5-13/h6-13H,1-5H2. The predicted octanol–water partition coefficient (Wildman–Crippen LogP) is 5.57. The molecule has 0 aliphatic heterocycles. The molecule has 1 aliphatic carbocycles. The molecule has 1 aliphatic rings. The number of rotatable bonds is 4. The molecule has 0 bridgehead atoms. The smallest absolute Gasteiger partial charge is 0.272 e. The third-order valence-electron chi connectivity index (χ3n) is 4.31. The fourth-order valence-electron chi connectivity index (χ4n) is 3.06. The van der Waals surface area contributed by atoms with Crippen LogP contribution in [0.5, 0.6) is 11.5 Å². The first-order valence-electron chi connectivity index (χ1n) is 7.85. The Bertz CT molecular complexity index is 694. The number of nitro benzene ring substituents is 1. The molecule has 0 saturated heterocycles. The summed E-state index contributed by atoms with van der Waals surface area (Å²) in [6.45, 7) is 0. The Labute approximate surface area is 134 Å². The fraction of sp³-hybridized carbons (Fsp3) is 0.333. The summed E-state index contributed by atoms with van der Waals surface area (Å²) in [6, 6.07) is 11.1. The average Bonchev–Trinajstić information content (AvgIpc) is 2.58. The predicted molar refractivity (Wildman–Crippen MR) is 85.4 cm³/mol. The number of ether oxygens (including phenoxy) is 1. The molecule has 1 fully saturated rings. The lowest BCUT2D eigenvalue weighted by molar-refractivity contribution is -0.385. The summed E-state index contributed by atoms with van der Waals surface area (Å²) in [5, 5.41) is 10.6. The molecule has 3 rings (SSSR count). The van der Waals surface area contributed by atoms with Crippen LogP contribution in [0, 0.1) is 15.9 Å². The Morgan fingerprint density at radius 2 is 1.74 bits per heavy atom. The molecule has 0 spiro atoms. The van der Waals surface area contributed by atoms with E-state index >= 15 is 0 Å². The van der Waals surface area contributed by atoms with Crippen LogP contribution < -0.4 is 4.74 Å². The molecule has 5 heteroatoms. The van der Waals surface area contributed by atoms with Gasteiger partial charge in [-0.25, -0.2) is 4.39 Å². The van der Waals surface area contributed by atoms with Crippen molar-refractivity contribution in [3.63, 3.8) is 0 Å². The number of nitrogens with zero attached hydrogens (tertiary/aromatic N) is 1. The van der Waals surface area contributed by atoms with Crippen LogP contribution in [0.15, 0.2) is 42.5 Å². The lowest BCUT2D eigenvalue weighted by Gasteiger charge is -2.22. The van der Waals surface area contributed by atoms with Crippen molar-refractivity contribution < 1.29 is 14.1 Å². The average molecular weight is 315 g/mol. The Morgan fingerprint density at radius 1 is 1.04 bits per heavy atom. The van der Waals surface area contributed by atoms with Crippen LogP contribution in [0.3, 0.4) is 0 Å². The van der Waals surface area contributed by atoms with Gasteiger partial charge in [-0.3, -0.25) is 10.1 Å². The highest BCUT2D eigenvalue weighted by Gasteiger charge is 2.16. The van der Waals surface area contributed by atoms with Crippen LogP contribution in [0.25, 0.3) is 0 Å². The summed E-state index contributed by atoms with van der Waals surface area (Å²) < 4.78 is 19.3. The van der Waals surface area contributed by atoms with Gasteiger partial charge in [0.05, 0.1) is 11.0 Å². The highest BCUT2D eigenvalue weighted by Crippen LogP contribution is 2.34. The van der Waals surface area contributed by atoms with Gasteiger partial charge >= 0.3 is 0 Å². The molecule has 23 heavy (non-hydrogen) atoms. The maximum absolute atomic E-state index is 13.8. The van der Waals surface area contributed by atoms with Crippen LogP contribution in [-0.4, -0.2) is 4.92 Å². The number of halogens is 1. The molecule has 0 amide bonds. The van der Waals surface area contributed by atoms with E-state index in [1.807, 2.05) is 24.3 Å². The second-order valence-electron chi connectivity index (χ2n) is 5.88. The maximum Gasteiger partial charge on any atom is 0.272 e. The molecule has 120 valence electrons. The Hall–Kier alpha value is -2.43. The first kappa shape index (κ1) is 15.5. The zero-order chi connectivity index (χ0) is 16.2. The minimum atomic E-state index is -0.740. The topological polar surface area (TPSA) is 52.4 Å². The largest absolute Gasteiger partial charge is 0.454 e. The molecule has 0 aromatic heterocycles. The first-order valence-corrected chi connectivity index (χ1v) is 7.85. The van der Waals surface area contributed by atoms with Crippen molar-refractivity contribution in [1.82, 2.24) is 0 Å². The van der Waals surface area contributed by atoms with Gasteiger partial charge in [-0.05, 0) is 42.5 Å². The van der Waals surface area contributed by atoms with Crippen molar-refractivity contribution in [2.24, 2.45) is 0 Å². The van der Waals surface area contributed by atoms with Gasteiger partial charge in [0, 0.05) is 6.07 Å². The second-order valence-corrected chi connectivity index (χ2v) is 5.88. The monoisotopic (exact) mass is 315 g/mol. The van der Waals surface area contributed by atoms with E-state index in [1.54, 1.807) is 0 Å². The van der Waals surface area contributed by atoms with E-state index in [2.05, 4.69) is 0 Å². The molecule has 0 radical (unpaired) electrons. The molecule has 0 unspecified atom stereocenters. The minimum absolute atomic E-state index is 0.0129. The number of hydrogen-bond donors (Lipinski definition) is 0. The van der Waals surface area contributed by atoms with E-state index in [9.17, 15) is 14.5 Å². The lowest BCUT2D eigenvalue weighted by Crippen LogP contribution is -2.04. The van der Waals surface area contributed by atoms with Crippen LogP contribution in [0.1, 0.15) is 43.6 Å². The van der Waals surface area contributed by atoms with Crippen molar-refractivity contribution in [3.8, 4) is 11.5 Å². The Morgan fingerprint density at radius 3 is 2.35 bits per heavy atom. The maximum atomic E-state index is 13.8. The van der Waals surface area contributed by atoms with Gasteiger partial charge in [0.1, 0.15) is 5.75 Å². The van der Waals surface area contributed by atoms with E-state index in [0.717, 1.165) is 6.07 Å².